The van der Waals surface area contributed by atoms with E-state index in [-0.39, 0.29) is 17.5 Å². The molecule has 0 aliphatic carbocycles. The molecule has 0 aliphatic heterocycles. The number of hydrogen-bond acceptors (Lipinski definition) is 4. The molecule has 1 N–H and O–H groups in total. The van der Waals surface area contributed by atoms with Crippen LogP contribution in [0.5, 0.6) is 0 Å². The lowest BCUT2D eigenvalue weighted by Crippen LogP contribution is -2.13. The van der Waals surface area contributed by atoms with Gasteiger partial charge in [-0.05, 0) is 49.9 Å². The molecule has 0 spiro atoms. The van der Waals surface area contributed by atoms with Gasteiger partial charge >= 0.3 is 0 Å². The summed E-state index contributed by atoms with van der Waals surface area (Å²) in [4.78, 5) is 12.0. The van der Waals surface area contributed by atoms with Crippen molar-refractivity contribution < 1.29 is 9.31 Å². The third-order valence-corrected chi connectivity index (χ3v) is 4.25. The number of nitro benzene ring substituents is 1. The van der Waals surface area contributed by atoms with Gasteiger partial charge in [-0.3, -0.25) is 10.1 Å². The fourth-order valence-electron chi connectivity index (χ4n) is 1.87. The van der Waals surface area contributed by atoms with Crippen LogP contribution in [0.2, 0.25) is 0 Å². The van der Waals surface area contributed by atoms with Crippen molar-refractivity contribution in [1.29, 1.82) is 0 Å². The summed E-state index contributed by atoms with van der Waals surface area (Å²) < 4.78 is 13.4. The lowest BCUT2D eigenvalue weighted by atomic mass is 10.1. The first-order valence-corrected chi connectivity index (χ1v) is 7.22. The average Bonchev–Trinajstić information content (AvgIpc) is 2.48. The van der Waals surface area contributed by atoms with Crippen molar-refractivity contribution in [3.05, 3.63) is 64.0 Å². The first-order valence-electron chi connectivity index (χ1n) is 6.40. The Hall–Kier alpha value is -1.92. The Kier molecular flexibility index (Phi) is 4.93. The van der Waals surface area contributed by atoms with Crippen molar-refractivity contribution in [2.45, 2.75) is 22.8 Å². The number of nitrogens with one attached hydrogen (secondary N) is 1. The molecule has 2 rings (SSSR count). The molecule has 6 heteroatoms. The van der Waals surface area contributed by atoms with Crippen LogP contribution in [0.1, 0.15) is 18.5 Å². The maximum atomic E-state index is 13.4. The summed E-state index contributed by atoms with van der Waals surface area (Å²) in [6, 6.07) is 11.0. The van der Waals surface area contributed by atoms with Crippen molar-refractivity contribution in [3.63, 3.8) is 0 Å². The highest BCUT2D eigenvalue weighted by Gasteiger charge is 2.12. The molecule has 110 valence electrons. The molecule has 2 aromatic rings. The van der Waals surface area contributed by atoms with E-state index in [4.69, 9.17) is 0 Å². The molecule has 0 amide bonds. The van der Waals surface area contributed by atoms with Crippen LogP contribution < -0.4 is 5.32 Å². The topological polar surface area (TPSA) is 55.2 Å². The van der Waals surface area contributed by atoms with Crippen molar-refractivity contribution in [2.24, 2.45) is 0 Å². The van der Waals surface area contributed by atoms with E-state index in [1.54, 1.807) is 18.2 Å². The molecule has 0 heterocycles. The summed E-state index contributed by atoms with van der Waals surface area (Å²) in [5.41, 5.74) is 0.920. The number of halogens is 1. The summed E-state index contributed by atoms with van der Waals surface area (Å²) in [5, 5.41) is 13.7. The van der Waals surface area contributed by atoms with Crippen LogP contribution in [0, 0.1) is 15.9 Å². The van der Waals surface area contributed by atoms with E-state index in [9.17, 15) is 14.5 Å². The van der Waals surface area contributed by atoms with E-state index in [2.05, 4.69) is 5.32 Å². The molecular weight excluding hydrogens is 291 g/mol. The summed E-state index contributed by atoms with van der Waals surface area (Å²) in [6.45, 7) is 1.95. The van der Waals surface area contributed by atoms with Gasteiger partial charge in [-0.15, -0.1) is 0 Å². The number of nitro groups is 1. The molecule has 4 nitrogen and oxygen atoms in total. The summed E-state index contributed by atoms with van der Waals surface area (Å²) in [5.74, 6) is -0.278. The third-order valence-electron chi connectivity index (χ3n) is 3.15. The Labute approximate surface area is 126 Å². The standard InChI is InChI=1S/C15H15FN2O2S/c1-10(17-2)14-9-11(16)3-8-15(14)21-13-6-4-12(5-7-13)18(19)20/h3-10,17H,1-2H3. The molecule has 0 aliphatic rings. The third kappa shape index (κ3) is 3.80. The quantitative estimate of drug-likeness (QED) is 0.665. The van der Waals surface area contributed by atoms with Gasteiger partial charge in [0.05, 0.1) is 4.92 Å². The van der Waals surface area contributed by atoms with Crippen LogP contribution in [-0.2, 0) is 0 Å². The number of benzene rings is 2. The zero-order valence-corrected chi connectivity index (χ0v) is 12.5. The van der Waals surface area contributed by atoms with E-state index in [0.717, 1.165) is 15.4 Å². The van der Waals surface area contributed by atoms with Gasteiger partial charge < -0.3 is 5.32 Å². The highest BCUT2D eigenvalue weighted by atomic mass is 32.2. The van der Waals surface area contributed by atoms with Crippen LogP contribution in [0.25, 0.3) is 0 Å². The molecule has 0 aromatic heterocycles. The molecule has 0 saturated heterocycles. The van der Waals surface area contributed by atoms with Crippen LogP contribution in [0.3, 0.4) is 0 Å². The van der Waals surface area contributed by atoms with Gasteiger partial charge in [0.25, 0.3) is 5.69 Å². The SMILES string of the molecule is CNC(C)c1cc(F)ccc1Sc1ccc([N+](=O)[O-])cc1. The van der Waals surface area contributed by atoms with Gasteiger partial charge in [0.15, 0.2) is 0 Å². The second kappa shape index (κ2) is 6.69. The van der Waals surface area contributed by atoms with Crippen LogP contribution in [-0.4, -0.2) is 12.0 Å². The largest absolute Gasteiger partial charge is 0.313 e. The van der Waals surface area contributed by atoms with Gasteiger partial charge in [-0.25, -0.2) is 4.39 Å². The van der Waals surface area contributed by atoms with Crippen LogP contribution >= 0.6 is 11.8 Å². The second-order valence-electron chi connectivity index (χ2n) is 4.55. The molecule has 1 unspecified atom stereocenters. The van der Waals surface area contributed by atoms with Crippen molar-refractivity contribution in [2.75, 3.05) is 7.05 Å². The Bertz CT molecular complexity index is 647. The van der Waals surface area contributed by atoms with Gasteiger partial charge in [-0.1, -0.05) is 11.8 Å². The predicted molar refractivity (Wildman–Crippen MR) is 81.1 cm³/mol. The van der Waals surface area contributed by atoms with Crippen LogP contribution in [0.15, 0.2) is 52.3 Å². The van der Waals surface area contributed by atoms with E-state index < -0.39 is 4.92 Å². The highest BCUT2D eigenvalue weighted by Crippen LogP contribution is 2.34. The zero-order chi connectivity index (χ0) is 15.4. The molecule has 0 saturated carbocycles. The molecule has 1 atom stereocenters. The lowest BCUT2D eigenvalue weighted by molar-refractivity contribution is -0.384. The first-order chi connectivity index (χ1) is 10.0. The lowest BCUT2D eigenvalue weighted by Gasteiger charge is -2.15. The van der Waals surface area contributed by atoms with Gasteiger partial charge in [0.2, 0.25) is 0 Å². The molecular formula is C15H15FN2O2S. The number of non-ortho nitro benzene ring substituents is 1. The summed E-state index contributed by atoms with van der Waals surface area (Å²) in [7, 11) is 1.82. The minimum atomic E-state index is -0.430. The van der Waals surface area contributed by atoms with Crippen molar-refractivity contribution in [1.82, 2.24) is 5.32 Å². The Morgan fingerprint density at radius 1 is 1.24 bits per heavy atom. The van der Waals surface area contributed by atoms with E-state index >= 15 is 0 Å². The number of rotatable bonds is 5. The molecule has 21 heavy (non-hydrogen) atoms. The number of nitrogens with zero attached hydrogens (tertiary/aromatic N) is 1. The minimum Gasteiger partial charge on any atom is -0.313 e. The molecule has 0 fully saturated rings. The summed E-state index contributed by atoms with van der Waals surface area (Å²) >= 11 is 1.46. The second-order valence-corrected chi connectivity index (χ2v) is 5.66. The van der Waals surface area contributed by atoms with Gasteiger partial charge in [0, 0.05) is 28.0 Å². The molecule has 0 bridgehead atoms. The Morgan fingerprint density at radius 3 is 2.48 bits per heavy atom. The van der Waals surface area contributed by atoms with Crippen LogP contribution in [0.4, 0.5) is 10.1 Å². The number of hydrogen-bond donors (Lipinski definition) is 1. The fraction of sp³-hybridized carbons (Fsp3) is 0.200. The fourth-order valence-corrected chi connectivity index (χ4v) is 2.88. The molecule has 0 radical (unpaired) electrons. The smallest absolute Gasteiger partial charge is 0.269 e. The average molecular weight is 306 g/mol. The summed E-state index contributed by atoms with van der Waals surface area (Å²) in [6.07, 6.45) is 0. The maximum Gasteiger partial charge on any atom is 0.269 e. The van der Waals surface area contributed by atoms with Gasteiger partial charge in [-0.2, -0.15) is 0 Å². The molecule has 2 aromatic carbocycles. The van der Waals surface area contributed by atoms with E-state index in [1.165, 1.54) is 36.0 Å². The van der Waals surface area contributed by atoms with E-state index in [0.29, 0.717) is 0 Å². The monoisotopic (exact) mass is 306 g/mol. The van der Waals surface area contributed by atoms with Gasteiger partial charge in [0.1, 0.15) is 5.82 Å². The first kappa shape index (κ1) is 15.5. The van der Waals surface area contributed by atoms with E-state index in [1.807, 2.05) is 14.0 Å². The van der Waals surface area contributed by atoms with Crippen molar-refractivity contribution in [3.8, 4) is 0 Å². The highest BCUT2D eigenvalue weighted by molar-refractivity contribution is 7.99. The minimum absolute atomic E-state index is 0.0150. The Morgan fingerprint density at radius 2 is 1.90 bits per heavy atom. The Balaban J connectivity index is 2.28. The van der Waals surface area contributed by atoms with Crippen molar-refractivity contribution >= 4 is 17.4 Å². The zero-order valence-electron chi connectivity index (χ0n) is 11.7. The maximum absolute atomic E-state index is 13.4. The normalized spacial score (nSPS) is 12.1. The predicted octanol–water partition coefficient (Wildman–Crippen LogP) is 4.17.